The van der Waals surface area contributed by atoms with Gasteiger partial charge in [-0.1, -0.05) is 19.3 Å². The zero-order valence-electron chi connectivity index (χ0n) is 14.1. The lowest BCUT2D eigenvalue weighted by atomic mass is 9.84. The van der Waals surface area contributed by atoms with Crippen molar-refractivity contribution in [3.63, 3.8) is 0 Å². The van der Waals surface area contributed by atoms with Gasteiger partial charge in [-0.15, -0.1) is 0 Å². The van der Waals surface area contributed by atoms with Crippen LogP contribution in [0.15, 0.2) is 12.1 Å². The molecule has 1 saturated carbocycles. The number of amides is 1. The monoisotopic (exact) mass is 333 g/mol. The van der Waals surface area contributed by atoms with Gasteiger partial charge in [-0.25, -0.2) is 0 Å². The van der Waals surface area contributed by atoms with E-state index in [9.17, 15) is 14.7 Å². The Kier molecular flexibility index (Phi) is 5.36. The van der Waals surface area contributed by atoms with Crippen LogP contribution in [0.2, 0.25) is 0 Å². The van der Waals surface area contributed by atoms with Crippen molar-refractivity contribution in [1.29, 1.82) is 0 Å². The largest absolute Gasteiger partial charge is 0.389 e. The molecule has 3 rings (SSSR count). The minimum absolute atomic E-state index is 0.151. The zero-order chi connectivity index (χ0) is 17.0. The van der Waals surface area contributed by atoms with Gasteiger partial charge in [0.2, 0.25) is 0 Å². The quantitative estimate of drug-likeness (QED) is 0.716. The first-order valence-electron chi connectivity index (χ1n) is 8.98. The van der Waals surface area contributed by atoms with E-state index in [1.807, 2.05) is 0 Å². The summed E-state index contributed by atoms with van der Waals surface area (Å²) in [7, 11) is 0. The first kappa shape index (κ1) is 17.2. The molecule has 3 N–H and O–H groups in total. The van der Waals surface area contributed by atoms with Gasteiger partial charge in [0.1, 0.15) is 5.69 Å². The molecule has 132 valence electrons. The summed E-state index contributed by atoms with van der Waals surface area (Å²) in [6, 6.07) is 3.39. The summed E-state index contributed by atoms with van der Waals surface area (Å²) in [6.07, 6.45) is 7.80. The number of hydrogen-bond donors (Lipinski definition) is 3. The molecule has 0 unspecified atom stereocenters. The molecule has 1 aromatic rings. The lowest BCUT2D eigenvalue weighted by Gasteiger charge is -2.40. The van der Waals surface area contributed by atoms with Gasteiger partial charge >= 0.3 is 0 Å². The highest BCUT2D eigenvalue weighted by atomic mass is 16.3. The van der Waals surface area contributed by atoms with Crippen LogP contribution < -0.4 is 5.32 Å². The SMILES string of the molecule is O=Cc1ccc(C(=O)NC2CCN(CC3(O)CCCCC3)CC2)[nH]1. The standard InChI is InChI=1S/C18H27N3O3/c22-12-15-4-5-16(19-15)17(23)20-14-6-10-21(11-7-14)13-18(24)8-2-1-3-9-18/h4-5,12,14,19,24H,1-3,6-11,13H2,(H,20,23). The number of nitrogens with zero attached hydrogens (tertiary/aromatic N) is 1. The van der Waals surface area contributed by atoms with Crippen molar-refractivity contribution in [2.75, 3.05) is 19.6 Å². The average Bonchev–Trinajstić information content (AvgIpc) is 3.06. The van der Waals surface area contributed by atoms with Gasteiger partial charge in [0.05, 0.1) is 11.3 Å². The van der Waals surface area contributed by atoms with E-state index in [0.717, 1.165) is 58.2 Å². The normalized spacial score (nSPS) is 22.2. The summed E-state index contributed by atoms with van der Waals surface area (Å²) < 4.78 is 0. The molecule has 1 aromatic heterocycles. The summed E-state index contributed by atoms with van der Waals surface area (Å²) in [5, 5.41) is 13.7. The third-order valence-electron chi connectivity index (χ3n) is 5.31. The van der Waals surface area contributed by atoms with Crippen LogP contribution in [0.25, 0.3) is 0 Å². The number of aliphatic hydroxyl groups is 1. The number of likely N-dealkylation sites (tertiary alicyclic amines) is 1. The van der Waals surface area contributed by atoms with Gasteiger partial charge in [-0.2, -0.15) is 0 Å². The van der Waals surface area contributed by atoms with E-state index in [0.29, 0.717) is 17.7 Å². The van der Waals surface area contributed by atoms with Gasteiger partial charge in [-0.05, 0) is 37.8 Å². The molecule has 0 spiro atoms. The maximum atomic E-state index is 12.2. The van der Waals surface area contributed by atoms with E-state index in [1.165, 1.54) is 6.42 Å². The molecule has 2 fully saturated rings. The number of hydrogen-bond acceptors (Lipinski definition) is 4. The Morgan fingerprint density at radius 1 is 1.29 bits per heavy atom. The van der Waals surface area contributed by atoms with Crippen molar-refractivity contribution < 1.29 is 14.7 Å². The van der Waals surface area contributed by atoms with Crippen molar-refractivity contribution in [3.05, 3.63) is 23.5 Å². The van der Waals surface area contributed by atoms with Crippen LogP contribution in [-0.2, 0) is 0 Å². The molecular formula is C18H27N3O3. The predicted molar refractivity (Wildman–Crippen MR) is 91.1 cm³/mol. The summed E-state index contributed by atoms with van der Waals surface area (Å²) in [5.74, 6) is -0.160. The number of H-pyrrole nitrogens is 1. The molecule has 0 atom stereocenters. The minimum Gasteiger partial charge on any atom is -0.389 e. The molecule has 2 aliphatic rings. The lowest BCUT2D eigenvalue weighted by molar-refractivity contribution is -0.0312. The lowest BCUT2D eigenvalue weighted by Crippen LogP contribution is -2.50. The molecule has 1 amide bonds. The summed E-state index contributed by atoms with van der Waals surface area (Å²) >= 11 is 0. The second-order valence-electron chi connectivity index (χ2n) is 7.25. The maximum Gasteiger partial charge on any atom is 0.267 e. The Morgan fingerprint density at radius 3 is 2.62 bits per heavy atom. The number of aldehydes is 1. The number of piperidine rings is 1. The predicted octanol–water partition coefficient (Wildman–Crippen LogP) is 1.72. The number of rotatable bonds is 5. The topological polar surface area (TPSA) is 85.4 Å². The summed E-state index contributed by atoms with van der Waals surface area (Å²) in [5.41, 5.74) is 0.329. The van der Waals surface area contributed by atoms with Crippen molar-refractivity contribution >= 4 is 12.2 Å². The van der Waals surface area contributed by atoms with Gasteiger partial charge in [0, 0.05) is 25.7 Å². The number of aromatic nitrogens is 1. The fourth-order valence-corrected chi connectivity index (χ4v) is 3.90. The molecular weight excluding hydrogens is 306 g/mol. The number of carbonyl (C=O) groups excluding carboxylic acids is 2. The highest BCUT2D eigenvalue weighted by molar-refractivity contribution is 5.93. The van der Waals surface area contributed by atoms with Crippen molar-refractivity contribution in [1.82, 2.24) is 15.2 Å². The highest BCUT2D eigenvalue weighted by Crippen LogP contribution is 2.29. The Labute approximate surface area is 142 Å². The smallest absolute Gasteiger partial charge is 0.267 e. The maximum absolute atomic E-state index is 12.2. The highest BCUT2D eigenvalue weighted by Gasteiger charge is 2.32. The molecule has 24 heavy (non-hydrogen) atoms. The van der Waals surface area contributed by atoms with E-state index in [4.69, 9.17) is 0 Å². The van der Waals surface area contributed by atoms with Crippen LogP contribution in [0.1, 0.15) is 65.9 Å². The molecule has 6 heteroatoms. The molecule has 0 radical (unpaired) electrons. The Hall–Kier alpha value is -1.66. The second-order valence-corrected chi connectivity index (χ2v) is 7.25. The van der Waals surface area contributed by atoms with Crippen LogP contribution in [0.5, 0.6) is 0 Å². The molecule has 0 aromatic carbocycles. The average molecular weight is 333 g/mol. The number of β-amino-alcohol motifs (C(OH)–C–C–N with tert-alkyl or cyclic N) is 1. The van der Waals surface area contributed by atoms with Crippen molar-refractivity contribution in [2.24, 2.45) is 0 Å². The van der Waals surface area contributed by atoms with Crippen molar-refractivity contribution in [2.45, 2.75) is 56.6 Å². The first-order chi connectivity index (χ1) is 11.6. The summed E-state index contributed by atoms with van der Waals surface area (Å²) in [4.78, 5) is 28.0. The van der Waals surface area contributed by atoms with E-state index in [1.54, 1.807) is 12.1 Å². The van der Waals surface area contributed by atoms with Gasteiger partial charge in [0.15, 0.2) is 6.29 Å². The molecule has 6 nitrogen and oxygen atoms in total. The zero-order valence-corrected chi connectivity index (χ0v) is 14.1. The second kappa shape index (κ2) is 7.49. The van der Waals surface area contributed by atoms with Crippen molar-refractivity contribution in [3.8, 4) is 0 Å². The summed E-state index contributed by atoms with van der Waals surface area (Å²) in [6.45, 7) is 2.56. The fourth-order valence-electron chi connectivity index (χ4n) is 3.90. The van der Waals surface area contributed by atoms with Crippen LogP contribution in [0.4, 0.5) is 0 Å². The molecule has 2 heterocycles. The molecule has 1 aliphatic heterocycles. The molecule has 1 saturated heterocycles. The third kappa shape index (κ3) is 4.24. The Morgan fingerprint density at radius 2 is 2.00 bits per heavy atom. The van der Waals surface area contributed by atoms with E-state index >= 15 is 0 Å². The number of carbonyl (C=O) groups is 2. The van der Waals surface area contributed by atoms with Gasteiger partial charge in [-0.3, -0.25) is 9.59 Å². The van der Waals surface area contributed by atoms with Gasteiger partial charge in [0.25, 0.3) is 5.91 Å². The van der Waals surface area contributed by atoms with Crippen LogP contribution >= 0.6 is 0 Å². The minimum atomic E-state index is -0.510. The number of nitrogens with one attached hydrogen (secondary N) is 2. The van der Waals surface area contributed by atoms with Crippen LogP contribution in [0.3, 0.4) is 0 Å². The molecule has 0 bridgehead atoms. The Bertz CT molecular complexity index is 570. The third-order valence-corrected chi connectivity index (χ3v) is 5.31. The van der Waals surface area contributed by atoms with Crippen LogP contribution in [-0.4, -0.2) is 58.5 Å². The Balaban J connectivity index is 1.44. The van der Waals surface area contributed by atoms with E-state index < -0.39 is 5.60 Å². The first-order valence-corrected chi connectivity index (χ1v) is 8.98. The number of aromatic amines is 1. The van der Waals surface area contributed by atoms with E-state index in [-0.39, 0.29) is 11.9 Å². The molecule has 1 aliphatic carbocycles. The van der Waals surface area contributed by atoms with E-state index in [2.05, 4.69) is 15.2 Å². The van der Waals surface area contributed by atoms with Gasteiger partial charge < -0.3 is 20.3 Å². The van der Waals surface area contributed by atoms with Crippen LogP contribution in [0, 0.1) is 0 Å². The fraction of sp³-hybridized carbons (Fsp3) is 0.667.